The molecule has 1 aromatic rings. The lowest BCUT2D eigenvalue weighted by molar-refractivity contribution is -0.122. The summed E-state index contributed by atoms with van der Waals surface area (Å²) in [5.41, 5.74) is 0.344. The Morgan fingerprint density at radius 1 is 1.36 bits per heavy atom. The lowest BCUT2D eigenvalue weighted by atomic mass is 9.91. The number of aromatic nitrogens is 1. The van der Waals surface area contributed by atoms with Gasteiger partial charge >= 0.3 is 6.09 Å². The topological polar surface area (TPSA) is 68.7 Å². The van der Waals surface area contributed by atoms with Gasteiger partial charge in [-0.3, -0.25) is 4.79 Å². The molecule has 1 saturated heterocycles. The van der Waals surface area contributed by atoms with Crippen LogP contribution in [0.5, 0.6) is 5.88 Å². The van der Waals surface area contributed by atoms with Gasteiger partial charge in [0.25, 0.3) is 0 Å². The molecule has 6 nitrogen and oxygen atoms in total. The molecule has 6 heteroatoms. The average Bonchev–Trinajstić information content (AvgIpc) is 2.45. The number of ether oxygens (including phenoxy) is 2. The molecule has 1 amide bonds. The van der Waals surface area contributed by atoms with E-state index < -0.39 is 11.7 Å². The number of carbonyl (C=O) groups is 2. The number of nitrogens with zero attached hydrogens (tertiary/aromatic N) is 2. The number of piperidine rings is 1. The fraction of sp³-hybridized carbons (Fsp3) is 0.562. The maximum absolute atomic E-state index is 12.2. The van der Waals surface area contributed by atoms with Gasteiger partial charge in [0.05, 0.1) is 13.7 Å². The van der Waals surface area contributed by atoms with Gasteiger partial charge in [-0.1, -0.05) is 6.07 Å². The number of carbonyl (C=O) groups excluding carboxylic acids is 2. The first-order valence-electron chi connectivity index (χ1n) is 7.28. The minimum Gasteiger partial charge on any atom is -0.481 e. The normalized spacial score (nSPS) is 19.0. The van der Waals surface area contributed by atoms with Gasteiger partial charge in [-0.2, -0.15) is 0 Å². The van der Waals surface area contributed by atoms with Crippen molar-refractivity contribution in [3.8, 4) is 5.88 Å². The van der Waals surface area contributed by atoms with E-state index in [4.69, 9.17) is 9.47 Å². The molecule has 2 rings (SSSR count). The summed E-state index contributed by atoms with van der Waals surface area (Å²) < 4.78 is 10.4. The number of methoxy groups -OCH3 is 1. The van der Waals surface area contributed by atoms with Crippen molar-refractivity contribution in [3.05, 3.63) is 23.9 Å². The number of rotatable bonds is 2. The third kappa shape index (κ3) is 4.19. The monoisotopic (exact) mass is 306 g/mol. The third-order valence-electron chi connectivity index (χ3n) is 3.37. The van der Waals surface area contributed by atoms with Crippen LogP contribution in [-0.2, 0) is 9.53 Å². The standard InChI is InChI=1S/C16H22N2O4/c1-16(2,3)22-15(20)18-9-12(7-13(19)10-18)11-5-6-14(21-4)17-8-11/h5-6,8,12H,7,9-10H2,1-4H3/t12-/m1/s1. The van der Waals surface area contributed by atoms with Crippen molar-refractivity contribution in [3.63, 3.8) is 0 Å². The van der Waals surface area contributed by atoms with Crippen molar-refractivity contribution in [2.45, 2.75) is 38.7 Å². The number of Topliss-reactive ketones (excluding diaryl/α,β-unsaturated/α-hetero) is 1. The molecule has 0 N–H and O–H groups in total. The predicted molar refractivity (Wildman–Crippen MR) is 81.0 cm³/mol. The first-order valence-corrected chi connectivity index (χ1v) is 7.28. The number of hydrogen-bond donors (Lipinski definition) is 0. The second kappa shape index (κ2) is 6.34. The van der Waals surface area contributed by atoms with E-state index in [1.54, 1.807) is 19.4 Å². The van der Waals surface area contributed by atoms with Crippen LogP contribution in [0.3, 0.4) is 0 Å². The Hall–Kier alpha value is -2.11. The second-order valence-electron chi connectivity index (χ2n) is 6.43. The van der Waals surface area contributed by atoms with Gasteiger partial charge in [-0.25, -0.2) is 9.78 Å². The molecule has 0 spiro atoms. The summed E-state index contributed by atoms with van der Waals surface area (Å²) in [6, 6.07) is 3.63. The Balaban J connectivity index is 2.10. The van der Waals surface area contributed by atoms with Crippen LogP contribution in [0.1, 0.15) is 38.7 Å². The summed E-state index contributed by atoms with van der Waals surface area (Å²) in [4.78, 5) is 29.7. The molecule has 1 aromatic heterocycles. The van der Waals surface area contributed by atoms with Gasteiger partial charge in [0, 0.05) is 31.1 Å². The molecule has 0 bridgehead atoms. The highest BCUT2D eigenvalue weighted by Gasteiger charge is 2.32. The molecule has 22 heavy (non-hydrogen) atoms. The maximum Gasteiger partial charge on any atom is 0.410 e. The number of pyridine rings is 1. The molecule has 0 aromatic carbocycles. The Morgan fingerprint density at radius 3 is 2.64 bits per heavy atom. The van der Waals surface area contributed by atoms with Gasteiger partial charge in [-0.05, 0) is 26.3 Å². The molecule has 0 aliphatic carbocycles. The van der Waals surface area contributed by atoms with Crippen molar-refractivity contribution >= 4 is 11.9 Å². The van der Waals surface area contributed by atoms with Crippen molar-refractivity contribution in [1.29, 1.82) is 0 Å². The van der Waals surface area contributed by atoms with Gasteiger partial charge in [-0.15, -0.1) is 0 Å². The highest BCUT2D eigenvalue weighted by molar-refractivity contribution is 5.86. The average molecular weight is 306 g/mol. The van der Waals surface area contributed by atoms with Gasteiger partial charge in [0.15, 0.2) is 5.78 Å². The van der Waals surface area contributed by atoms with Crippen LogP contribution in [0.4, 0.5) is 4.79 Å². The molecule has 1 aliphatic heterocycles. The number of amides is 1. The highest BCUT2D eigenvalue weighted by atomic mass is 16.6. The van der Waals surface area contributed by atoms with E-state index in [1.807, 2.05) is 26.8 Å². The molecule has 0 saturated carbocycles. The molecule has 1 fully saturated rings. The van der Waals surface area contributed by atoms with E-state index in [1.165, 1.54) is 4.90 Å². The lowest BCUT2D eigenvalue weighted by Crippen LogP contribution is -2.45. The van der Waals surface area contributed by atoms with E-state index in [0.717, 1.165) is 5.56 Å². The van der Waals surface area contributed by atoms with Crippen molar-refractivity contribution in [2.24, 2.45) is 0 Å². The summed E-state index contributed by atoms with van der Waals surface area (Å²) in [5, 5.41) is 0. The Labute approximate surface area is 130 Å². The zero-order valence-corrected chi connectivity index (χ0v) is 13.5. The lowest BCUT2D eigenvalue weighted by Gasteiger charge is -2.33. The molecule has 0 radical (unpaired) electrons. The Morgan fingerprint density at radius 2 is 2.09 bits per heavy atom. The first kappa shape index (κ1) is 16.3. The SMILES string of the molecule is COc1ccc([C@@H]2CC(=O)CN(C(=O)OC(C)(C)C)C2)cn1. The van der Waals surface area contributed by atoms with Crippen molar-refractivity contribution in [2.75, 3.05) is 20.2 Å². The van der Waals surface area contributed by atoms with Crippen LogP contribution < -0.4 is 4.74 Å². The zero-order chi connectivity index (χ0) is 16.3. The molecule has 0 unspecified atom stereocenters. The van der Waals surface area contributed by atoms with Crippen LogP contribution in [0.25, 0.3) is 0 Å². The van der Waals surface area contributed by atoms with E-state index in [9.17, 15) is 9.59 Å². The summed E-state index contributed by atoms with van der Waals surface area (Å²) in [7, 11) is 1.55. The van der Waals surface area contributed by atoms with Crippen LogP contribution >= 0.6 is 0 Å². The largest absolute Gasteiger partial charge is 0.481 e. The molecule has 1 atom stereocenters. The van der Waals surface area contributed by atoms with Crippen LogP contribution in [0, 0.1) is 0 Å². The summed E-state index contributed by atoms with van der Waals surface area (Å²) >= 11 is 0. The zero-order valence-electron chi connectivity index (χ0n) is 13.5. The van der Waals surface area contributed by atoms with Crippen LogP contribution in [-0.4, -0.2) is 47.6 Å². The van der Waals surface area contributed by atoms with E-state index in [2.05, 4.69) is 4.98 Å². The maximum atomic E-state index is 12.2. The van der Waals surface area contributed by atoms with Gasteiger partial charge in [0.1, 0.15) is 5.60 Å². The van der Waals surface area contributed by atoms with Crippen LogP contribution in [0.2, 0.25) is 0 Å². The fourth-order valence-corrected chi connectivity index (χ4v) is 2.39. The minimum atomic E-state index is -0.575. The summed E-state index contributed by atoms with van der Waals surface area (Å²) in [6.07, 6.45) is 1.65. The Kier molecular flexibility index (Phi) is 4.68. The fourth-order valence-electron chi connectivity index (χ4n) is 2.39. The summed E-state index contributed by atoms with van der Waals surface area (Å²) in [6.45, 7) is 5.98. The molecule has 2 heterocycles. The van der Waals surface area contributed by atoms with Crippen LogP contribution in [0.15, 0.2) is 18.3 Å². The number of likely N-dealkylation sites (tertiary alicyclic amines) is 1. The quantitative estimate of drug-likeness (QED) is 0.839. The van der Waals surface area contributed by atoms with E-state index in [0.29, 0.717) is 18.8 Å². The van der Waals surface area contributed by atoms with E-state index in [-0.39, 0.29) is 18.2 Å². The Bertz CT molecular complexity index is 548. The highest BCUT2D eigenvalue weighted by Crippen LogP contribution is 2.26. The third-order valence-corrected chi connectivity index (χ3v) is 3.37. The molecule has 120 valence electrons. The van der Waals surface area contributed by atoms with E-state index >= 15 is 0 Å². The summed E-state index contributed by atoms with van der Waals surface area (Å²) in [5.74, 6) is 0.486. The smallest absolute Gasteiger partial charge is 0.410 e. The number of hydrogen-bond acceptors (Lipinski definition) is 5. The predicted octanol–water partition coefficient (Wildman–Crippen LogP) is 2.38. The minimum absolute atomic E-state index is 0.0259. The van der Waals surface area contributed by atoms with Crippen molar-refractivity contribution in [1.82, 2.24) is 9.88 Å². The van der Waals surface area contributed by atoms with Gasteiger partial charge in [0.2, 0.25) is 5.88 Å². The van der Waals surface area contributed by atoms with Crippen molar-refractivity contribution < 1.29 is 19.1 Å². The van der Waals surface area contributed by atoms with Gasteiger partial charge < -0.3 is 14.4 Å². The molecular formula is C16H22N2O4. The molecule has 1 aliphatic rings. The number of ketones is 1. The first-order chi connectivity index (χ1) is 10.3. The molecular weight excluding hydrogens is 284 g/mol. The second-order valence-corrected chi connectivity index (χ2v) is 6.43.